The Hall–Kier alpha value is -0.770. The first kappa shape index (κ1) is 12.7. The van der Waals surface area contributed by atoms with Gasteiger partial charge in [0.15, 0.2) is 0 Å². The van der Waals surface area contributed by atoms with Crippen LogP contribution in [0.2, 0.25) is 0 Å². The molecule has 0 amide bonds. The van der Waals surface area contributed by atoms with Gasteiger partial charge in [0, 0.05) is 18.3 Å². The molecular formula is C12H20ClN3O. The molecule has 1 N–H and O–H groups in total. The molecule has 0 bridgehead atoms. The van der Waals surface area contributed by atoms with E-state index in [0.29, 0.717) is 30.2 Å². The summed E-state index contributed by atoms with van der Waals surface area (Å²) in [6, 6.07) is 1.00. The topological polar surface area (TPSA) is 51.0 Å². The Morgan fingerprint density at radius 3 is 2.82 bits per heavy atom. The Morgan fingerprint density at radius 2 is 2.12 bits per heavy atom. The normalized spacial score (nSPS) is 29.2. The minimum atomic E-state index is 0.463. The molecule has 3 unspecified atom stereocenters. The van der Waals surface area contributed by atoms with Crippen LogP contribution in [0.1, 0.15) is 39.0 Å². The highest BCUT2D eigenvalue weighted by molar-refractivity contribution is 6.17. The fourth-order valence-corrected chi connectivity index (χ4v) is 2.51. The summed E-state index contributed by atoms with van der Waals surface area (Å²) in [5, 5.41) is 11.3. The lowest BCUT2D eigenvalue weighted by molar-refractivity contribution is 0.258. The van der Waals surface area contributed by atoms with Crippen molar-refractivity contribution in [3.63, 3.8) is 0 Å². The van der Waals surface area contributed by atoms with Crippen molar-refractivity contribution in [1.82, 2.24) is 10.2 Å². The van der Waals surface area contributed by atoms with Crippen LogP contribution in [0.4, 0.5) is 6.01 Å². The maximum Gasteiger partial charge on any atom is 0.315 e. The smallest absolute Gasteiger partial charge is 0.315 e. The fourth-order valence-electron chi connectivity index (χ4n) is 2.35. The lowest BCUT2D eigenvalue weighted by atomic mass is 9.79. The molecule has 1 aliphatic carbocycles. The van der Waals surface area contributed by atoms with E-state index in [0.717, 1.165) is 11.8 Å². The van der Waals surface area contributed by atoms with Gasteiger partial charge in [-0.3, -0.25) is 0 Å². The summed E-state index contributed by atoms with van der Waals surface area (Å²) >= 11 is 5.62. The molecule has 1 aromatic rings. The second-order valence-electron chi connectivity index (χ2n) is 5.05. The van der Waals surface area contributed by atoms with E-state index in [1.54, 1.807) is 0 Å². The third-order valence-electron chi connectivity index (χ3n) is 3.70. The zero-order valence-corrected chi connectivity index (χ0v) is 11.2. The van der Waals surface area contributed by atoms with Gasteiger partial charge in [0.05, 0.1) is 0 Å². The van der Waals surface area contributed by atoms with Crippen molar-refractivity contribution in [3.05, 3.63) is 5.89 Å². The van der Waals surface area contributed by atoms with Crippen LogP contribution < -0.4 is 5.32 Å². The third-order valence-corrected chi connectivity index (χ3v) is 3.89. The number of hydrogen-bond acceptors (Lipinski definition) is 4. The van der Waals surface area contributed by atoms with Gasteiger partial charge in [0.25, 0.3) is 0 Å². The van der Waals surface area contributed by atoms with Crippen molar-refractivity contribution in [3.8, 4) is 0 Å². The minimum absolute atomic E-state index is 0.463. The van der Waals surface area contributed by atoms with Crippen LogP contribution in [0.25, 0.3) is 0 Å². The van der Waals surface area contributed by atoms with Crippen molar-refractivity contribution in [1.29, 1.82) is 0 Å². The van der Waals surface area contributed by atoms with E-state index in [-0.39, 0.29) is 0 Å². The highest BCUT2D eigenvalue weighted by Crippen LogP contribution is 2.30. The average molecular weight is 258 g/mol. The molecule has 4 nitrogen and oxygen atoms in total. The second-order valence-corrected chi connectivity index (χ2v) is 5.43. The molecule has 2 rings (SSSR count). The van der Waals surface area contributed by atoms with Crippen molar-refractivity contribution in [2.75, 3.05) is 11.2 Å². The Kier molecular flexibility index (Phi) is 4.26. The van der Waals surface area contributed by atoms with Gasteiger partial charge in [0.1, 0.15) is 0 Å². The Morgan fingerprint density at radius 1 is 1.29 bits per heavy atom. The first-order valence-electron chi connectivity index (χ1n) is 6.34. The van der Waals surface area contributed by atoms with Crippen LogP contribution in [0, 0.1) is 11.8 Å². The predicted molar refractivity (Wildman–Crippen MR) is 68.3 cm³/mol. The summed E-state index contributed by atoms with van der Waals surface area (Å²) in [4.78, 5) is 0. The standard InChI is InChI=1S/C12H20ClN3O/c1-8-3-4-10(7-9(8)2)14-12-16-15-11(17-12)5-6-13/h8-10H,3-7H2,1-2H3,(H,14,16). The van der Waals surface area contributed by atoms with E-state index in [4.69, 9.17) is 16.0 Å². The van der Waals surface area contributed by atoms with Crippen LogP contribution in [0.15, 0.2) is 4.42 Å². The summed E-state index contributed by atoms with van der Waals surface area (Å²) in [5.74, 6) is 2.70. The lowest BCUT2D eigenvalue weighted by Crippen LogP contribution is -2.30. The first-order valence-corrected chi connectivity index (χ1v) is 6.87. The fraction of sp³-hybridized carbons (Fsp3) is 0.833. The summed E-state index contributed by atoms with van der Waals surface area (Å²) in [5.41, 5.74) is 0. The van der Waals surface area contributed by atoms with Crippen molar-refractivity contribution >= 4 is 17.6 Å². The van der Waals surface area contributed by atoms with Crippen molar-refractivity contribution in [2.45, 2.75) is 45.6 Å². The van der Waals surface area contributed by atoms with Crippen LogP contribution >= 0.6 is 11.6 Å². The maximum absolute atomic E-state index is 5.62. The highest BCUT2D eigenvalue weighted by atomic mass is 35.5. The van der Waals surface area contributed by atoms with Crippen LogP contribution in [0.3, 0.4) is 0 Å². The Labute approximate surface area is 107 Å². The van der Waals surface area contributed by atoms with Gasteiger partial charge in [0.2, 0.25) is 5.89 Å². The molecular weight excluding hydrogens is 238 g/mol. The van der Waals surface area contributed by atoms with E-state index >= 15 is 0 Å². The minimum Gasteiger partial charge on any atom is -0.408 e. The van der Waals surface area contributed by atoms with Gasteiger partial charge in [-0.15, -0.1) is 16.7 Å². The molecule has 0 saturated heterocycles. The Balaban J connectivity index is 1.87. The SMILES string of the molecule is CC1CCC(Nc2nnc(CCCl)o2)CC1C. The molecule has 0 spiro atoms. The van der Waals surface area contributed by atoms with E-state index < -0.39 is 0 Å². The van der Waals surface area contributed by atoms with Gasteiger partial charge in [-0.2, -0.15) is 0 Å². The molecule has 1 aliphatic rings. The van der Waals surface area contributed by atoms with Crippen molar-refractivity contribution in [2.24, 2.45) is 11.8 Å². The number of halogens is 1. The zero-order chi connectivity index (χ0) is 12.3. The number of alkyl halides is 1. The number of rotatable bonds is 4. The lowest BCUT2D eigenvalue weighted by Gasteiger charge is -2.31. The third kappa shape index (κ3) is 3.35. The summed E-state index contributed by atoms with van der Waals surface area (Å²) in [7, 11) is 0. The predicted octanol–water partition coefficient (Wildman–Crippen LogP) is 3.09. The first-order chi connectivity index (χ1) is 8.19. The number of anilines is 1. The number of hydrogen-bond donors (Lipinski definition) is 1. The van der Waals surface area contributed by atoms with E-state index in [1.165, 1.54) is 19.3 Å². The zero-order valence-electron chi connectivity index (χ0n) is 10.4. The molecule has 0 aromatic carbocycles. The molecule has 3 atom stereocenters. The van der Waals surface area contributed by atoms with Crippen LogP contribution in [-0.2, 0) is 6.42 Å². The van der Waals surface area contributed by atoms with Gasteiger partial charge >= 0.3 is 6.01 Å². The maximum atomic E-state index is 5.62. The van der Waals surface area contributed by atoms with E-state index in [2.05, 4.69) is 29.4 Å². The second kappa shape index (κ2) is 5.71. The number of aromatic nitrogens is 2. The average Bonchev–Trinajstić information content (AvgIpc) is 2.72. The van der Waals surface area contributed by atoms with Gasteiger partial charge in [-0.1, -0.05) is 18.9 Å². The molecule has 1 aromatic heterocycles. The largest absolute Gasteiger partial charge is 0.408 e. The summed E-state index contributed by atoms with van der Waals surface area (Å²) in [6.07, 6.45) is 4.25. The monoisotopic (exact) mass is 257 g/mol. The van der Waals surface area contributed by atoms with Gasteiger partial charge in [-0.05, 0) is 31.1 Å². The number of nitrogens with zero attached hydrogens (tertiary/aromatic N) is 2. The molecule has 0 radical (unpaired) electrons. The van der Waals surface area contributed by atoms with Gasteiger partial charge in [-0.25, -0.2) is 0 Å². The molecule has 1 fully saturated rings. The van der Waals surface area contributed by atoms with Crippen LogP contribution in [0.5, 0.6) is 0 Å². The van der Waals surface area contributed by atoms with Crippen molar-refractivity contribution < 1.29 is 4.42 Å². The molecule has 5 heteroatoms. The van der Waals surface area contributed by atoms with Gasteiger partial charge < -0.3 is 9.73 Å². The summed E-state index contributed by atoms with van der Waals surface area (Å²) in [6.45, 7) is 4.64. The van der Waals surface area contributed by atoms with E-state index in [1.807, 2.05) is 0 Å². The Bertz CT molecular complexity index is 355. The van der Waals surface area contributed by atoms with Crippen LogP contribution in [-0.4, -0.2) is 22.1 Å². The molecule has 1 saturated carbocycles. The van der Waals surface area contributed by atoms with E-state index in [9.17, 15) is 0 Å². The molecule has 96 valence electrons. The molecule has 17 heavy (non-hydrogen) atoms. The molecule has 0 aliphatic heterocycles. The number of aryl methyl sites for hydroxylation is 1. The number of nitrogens with one attached hydrogen (secondary N) is 1. The molecule has 1 heterocycles. The summed E-state index contributed by atoms with van der Waals surface area (Å²) < 4.78 is 5.47. The quantitative estimate of drug-likeness (QED) is 0.843. The highest BCUT2D eigenvalue weighted by Gasteiger charge is 2.25.